The minimum absolute atomic E-state index is 0.0577. The predicted molar refractivity (Wildman–Crippen MR) is 120 cm³/mol. The minimum Gasteiger partial charge on any atom is -0.348 e. The summed E-state index contributed by atoms with van der Waals surface area (Å²) < 4.78 is 1.84. The molecule has 31 heavy (non-hydrogen) atoms. The number of aryl methyl sites for hydroxylation is 1. The van der Waals surface area contributed by atoms with Crippen molar-refractivity contribution in [1.29, 1.82) is 0 Å². The zero-order valence-electron chi connectivity index (χ0n) is 18.5. The lowest BCUT2D eigenvalue weighted by molar-refractivity contribution is -0.140. The number of nitrogens with zero attached hydrogens (tertiary/aromatic N) is 3. The number of hydrogen-bond acceptors (Lipinski definition) is 4. The maximum absolute atomic E-state index is 13.0. The topological polar surface area (TPSA) is 93.2 Å². The lowest BCUT2D eigenvalue weighted by atomic mass is 9.97. The highest BCUT2D eigenvalue weighted by Crippen LogP contribution is 2.29. The molecule has 1 aromatic heterocycles. The number of hydrogen-bond donors (Lipinski definition) is 2. The van der Waals surface area contributed by atoms with E-state index in [1.54, 1.807) is 11.1 Å². The summed E-state index contributed by atoms with van der Waals surface area (Å²) in [6.45, 7) is 2.59. The zero-order valence-corrected chi connectivity index (χ0v) is 18.5. The summed E-state index contributed by atoms with van der Waals surface area (Å²) >= 11 is 0. The van der Waals surface area contributed by atoms with Crippen LogP contribution in [0, 0.1) is 5.92 Å². The molecule has 2 aliphatic rings. The summed E-state index contributed by atoms with van der Waals surface area (Å²) in [7, 11) is 1.92. The van der Waals surface area contributed by atoms with Crippen molar-refractivity contribution < 1.29 is 9.59 Å². The zero-order chi connectivity index (χ0) is 22.0. The number of amides is 2. The van der Waals surface area contributed by atoms with Gasteiger partial charge in [0.15, 0.2) is 0 Å². The van der Waals surface area contributed by atoms with Crippen molar-refractivity contribution >= 4 is 11.8 Å². The standard InChI is InChI=1S/C24H33N5O2/c1-16(17-9-11-18(12-10-17)20-13-14-26-28(20)2)27-23(30)21-8-5-15-29(21)24(31)22(25)19-6-3-4-7-19/h9-14,16,19,21-22H,3-8,15,25H2,1-2H3,(H,27,30). The van der Waals surface area contributed by atoms with E-state index in [4.69, 9.17) is 5.73 Å². The molecule has 7 heteroatoms. The van der Waals surface area contributed by atoms with E-state index in [1.165, 1.54) is 0 Å². The van der Waals surface area contributed by atoms with Crippen LogP contribution in [-0.2, 0) is 16.6 Å². The predicted octanol–water partition coefficient (Wildman–Crippen LogP) is 2.77. The van der Waals surface area contributed by atoms with Gasteiger partial charge in [-0.2, -0.15) is 5.10 Å². The van der Waals surface area contributed by atoms with E-state index in [2.05, 4.69) is 10.4 Å². The third-order valence-corrected chi connectivity index (χ3v) is 6.92. The Bertz CT molecular complexity index is 916. The number of carbonyl (C=O) groups is 2. The lowest BCUT2D eigenvalue weighted by Crippen LogP contribution is -2.53. The molecule has 0 bridgehead atoms. The van der Waals surface area contributed by atoms with E-state index >= 15 is 0 Å². The summed E-state index contributed by atoms with van der Waals surface area (Å²) in [5.74, 6) is 0.110. The molecule has 1 saturated heterocycles. The molecule has 3 atom stereocenters. The number of benzene rings is 1. The first kappa shape index (κ1) is 21.6. The third kappa shape index (κ3) is 4.51. The normalized spacial score (nSPS) is 21.3. The number of nitrogens with one attached hydrogen (secondary N) is 1. The molecule has 1 saturated carbocycles. The van der Waals surface area contributed by atoms with Gasteiger partial charge < -0.3 is 16.0 Å². The van der Waals surface area contributed by atoms with E-state index in [0.29, 0.717) is 13.0 Å². The van der Waals surface area contributed by atoms with Crippen molar-refractivity contribution in [2.45, 2.75) is 63.6 Å². The molecule has 3 N–H and O–H groups in total. The summed E-state index contributed by atoms with van der Waals surface area (Å²) in [5, 5.41) is 7.32. The smallest absolute Gasteiger partial charge is 0.243 e. The molecule has 1 aliphatic carbocycles. The molecule has 166 valence electrons. The van der Waals surface area contributed by atoms with Crippen LogP contribution in [0.25, 0.3) is 11.3 Å². The SMILES string of the molecule is CC(NC(=O)C1CCCN1C(=O)C(N)C1CCCC1)c1ccc(-c2ccnn2C)cc1. The highest BCUT2D eigenvalue weighted by atomic mass is 16.2. The monoisotopic (exact) mass is 423 g/mol. The van der Waals surface area contributed by atoms with Crippen molar-refractivity contribution in [2.24, 2.45) is 18.7 Å². The molecule has 2 amide bonds. The van der Waals surface area contributed by atoms with Gasteiger partial charge >= 0.3 is 0 Å². The maximum Gasteiger partial charge on any atom is 0.243 e. The molecule has 3 unspecified atom stereocenters. The highest BCUT2D eigenvalue weighted by molar-refractivity contribution is 5.90. The van der Waals surface area contributed by atoms with Crippen LogP contribution < -0.4 is 11.1 Å². The number of aromatic nitrogens is 2. The van der Waals surface area contributed by atoms with Crippen LogP contribution >= 0.6 is 0 Å². The van der Waals surface area contributed by atoms with E-state index in [0.717, 1.165) is 48.9 Å². The summed E-state index contributed by atoms with van der Waals surface area (Å²) in [6, 6.07) is 9.07. The lowest BCUT2D eigenvalue weighted by Gasteiger charge is -2.29. The Labute approximate surface area is 184 Å². The first-order valence-electron chi connectivity index (χ1n) is 11.4. The Morgan fingerprint density at radius 2 is 1.81 bits per heavy atom. The van der Waals surface area contributed by atoms with E-state index in [1.807, 2.05) is 49.0 Å². The molecule has 1 aromatic carbocycles. The van der Waals surface area contributed by atoms with Gasteiger partial charge in [0.1, 0.15) is 6.04 Å². The van der Waals surface area contributed by atoms with Gasteiger partial charge in [-0.1, -0.05) is 37.1 Å². The van der Waals surface area contributed by atoms with Crippen LogP contribution in [0.5, 0.6) is 0 Å². The molecule has 0 radical (unpaired) electrons. The van der Waals surface area contributed by atoms with Crippen LogP contribution in [0.4, 0.5) is 0 Å². The van der Waals surface area contributed by atoms with Gasteiger partial charge in [-0.05, 0) is 55.7 Å². The van der Waals surface area contributed by atoms with Crippen molar-refractivity contribution in [3.63, 3.8) is 0 Å². The van der Waals surface area contributed by atoms with Gasteiger partial charge in [-0.15, -0.1) is 0 Å². The van der Waals surface area contributed by atoms with E-state index < -0.39 is 12.1 Å². The van der Waals surface area contributed by atoms with Crippen molar-refractivity contribution in [3.05, 3.63) is 42.1 Å². The van der Waals surface area contributed by atoms with Gasteiger partial charge in [0.2, 0.25) is 11.8 Å². The molecule has 2 heterocycles. The highest BCUT2D eigenvalue weighted by Gasteiger charge is 2.39. The summed E-state index contributed by atoms with van der Waals surface area (Å²) in [6.07, 6.45) is 7.64. The van der Waals surface area contributed by atoms with Crippen LogP contribution in [0.3, 0.4) is 0 Å². The first-order valence-corrected chi connectivity index (χ1v) is 11.4. The summed E-state index contributed by atoms with van der Waals surface area (Å²) in [5.41, 5.74) is 9.44. The maximum atomic E-state index is 13.0. The molecule has 7 nitrogen and oxygen atoms in total. The van der Waals surface area contributed by atoms with E-state index in [9.17, 15) is 9.59 Å². The van der Waals surface area contributed by atoms with Gasteiger partial charge in [0.25, 0.3) is 0 Å². The Balaban J connectivity index is 1.38. The number of carbonyl (C=O) groups excluding carboxylic acids is 2. The second-order valence-corrected chi connectivity index (χ2v) is 8.95. The Morgan fingerprint density at radius 1 is 1.10 bits per heavy atom. The quantitative estimate of drug-likeness (QED) is 0.747. The summed E-state index contributed by atoms with van der Waals surface area (Å²) in [4.78, 5) is 27.7. The molecule has 1 aliphatic heterocycles. The van der Waals surface area contributed by atoms with Crippen molar-refractivity contribution in [2.75, 3.05) is 6.54 Å². The van der Waals surface area contributed by atoms with Crippen LogP contribution in [0.15, 0.2) is 36.5 Å². The third-order valence-electron chi connectivity index (χ3n) is 6.92. The fraction of sp³-hybridized carbons (Fsp3) is 0.542. The van der Waals surface area contributed by atoms with Crippen LogP contribution in [-0.4, -0.2) is 45.1 Å². The first-order chi connectivity index (χ1) is 15.0. The molecule has 4 rings (SSSR count). The molecule has 2 aromatic rings. The second kappa shape index (κ2) is 9.22. The average molecular weight is 424 g/mol. The molecule has 0 spiro atoms. The fourth-order valence-corrected chi connectivity index (χ4v) is 5.01. The molecule has 2 fully saturated rings. The second-order valence-electron chi connectivity index (χ2n) is 8.95. The van der Waals surface area contributed by atoms with Crippen LogP contribution in [0.2, 0.25) is 0 Å². The Hall–Kier alpha value is -2.67. The fourth-order valence-electron chi connectivity index (χ4n) is 5.01. The van der Waals surface area contributed by atoms with E-state index in [-0.39, 0.29) is 23.8 Å². The van der Waals surface area contributed by atoms with Crippen molar-refractivity contribution in [3.8, 4) is 11.3 Å². The Morgan fingerprint density at radius 3 is 2.45 bits per heavy atom. The van der Waals surface area contributed by atoms with Gasteiger partial charge in [-0.3, -0.25) is 14.3 Å². The number of likely N-dealkylation sites (tertiary alicyclic amines) is 1. The van der Waals surface area contributed by atoms with Gasteiger partial charge in [0, 0.05) is 19.8 Å². The van der Waals surface area contributed by atoms with Crippen LogP contribution in [0.1, 0.15) is 57.1 Å². The number of rotatable bonds is 6. The van der Waals surface area contributed by atoms with Gasteiger partial charge in [-0.25, -0.2) is 0 Å². The number of nitrogens with two attached hydrogens (primary N) is 1. The molecular formula is C24H33N5O2. The largest absolute Gasteiger partial charge is 0.348 e. The van der Waals surface area contributed by atoms with Crippen molar-refractivity contribution in [1.82, 2.24) is 20.0 Å². The molecular weight excluding hydrogens is 390 g/mol. The average Bonchev–Trinajstić information content (AvgIpc) is 3.54. The Kier molecular flexibility index (Phi) is 6.41. The minimum atomic E-state index is -0.479. The van der Waals surface area contributed by atoms with Gasteiger partial charge in [0.05, 0.1) is 17.8 Å².